The molecule has 0 aliphatic heterocycles. The lowest BCUT2D eigenvalue weighted by Gasteiger charge is -2.18. The predicted molar refractivity (Wildman–Crippen MR) is 208 cm³/mol. The van der Waals surface area contributed by atoms with Crippen LogP contribution >= 0.6 is 0 Å². The van der Waals surface area contributed by atoms with Crippen molar-refractivity contribution in [3.63, 3.8) is 0 Å². The minimum Gasteiger partial charge on any atom is -0.456 e. The highest BCUT2D eigenvalue weighted by Crippen LogP contribution is 2.45. The highest BCUT2D eigenvalue weighted by molar-refractivity contribution is 6.22. The molecule has 0 spiro atoms. The summed E-state index contributed by atoms with van der Waals surface area (Å²) < 4.78 is 124. The zero-order valence-corrected chi connectivity index (χ0v) is 25.7. The molecule has 0 aliphatic rings. The second kappa shape index (κ2) is 11.1. The van der Waals surface area contributed by atoms with Crippen LogP contribution in [0.5, 0.6) is 0 Å². The van der Waals surface area contributed by atoms with Crippen molar-refractivity contribution < 1.29 is 22.2 Å². The Morgan fingerprint density at radius 1 is 0.327 bits per heavy atom. The third-order valence-corrected chi connectivity index (χ3v) is 8.97. The first kappa shape index (κ1) is 17.6. The van der Waals surface area contributed by atoms with Gasteiger partial charge in [-0.2, -0.15) is 0 Å². The average Bonchev–Trinajstić information content (AvgIpc) is 3.71. The number of hydrogen-bond acceptors (Lipinski definition) is 1. The van der Waals surface area contributed by atoms with Crippen LogP contribution < -0.4 is 0 Å². The highest BCUT2D eigenvalue weighted by Gasteiger charge is 2.18. The van der Waals surface area contributed by atoms with Gasteiger partial charge >= 0.3 is 0 Å². The maximum atomic E-state index is 9.75. The molecule has 0 aliphatic carbocycles. The maximum Gasteiger partial charge on any atom is 0.136 e. The summed E-state index contributed by atoms with van der Waals surface area (Å²) in [5.74, 6) is 0. The van der Waals surface area contributed by atoms with Gasteiger partial charge in [-0.05, 0) is 101 Å². The second-order valence-electron chi connectivity index (χ2n) is 11.8. The van der Waals surface area contributed by atoms with Crippen LogP contribution in [0, 0.1) is 0 Å². The Hall–Kier alpha value is -6.44. The van der Waals surface area contributed by atoms with Crippen LogP contribution in [0.15, 0.2) is 186 Å². The number of furan rings is 1. The molecule has 0 unspecified atom stereocenters. The molecule has 0 atom stereocenters. The van der Waals surface area contributed by atoms with E-state index in [1.807, 2.05) is 42.5 Å². The topological polar surface area (TPSA) is 13.1 Å². The Morgan fingerprint density at radius 3 is 1.43 bits per heavy atom. The normalized spacial score (nSPS) is 15.4. The van der Waals surface area contributed by atoms with Crippen molar-refractivity contribution in [2.75, 3.05) is 0 Å². The molecule has 1 nitrogen and oxygen atoms in total. The van der Waals surface area contributed by atoms with Gasteiger partial charge in [0.2, 0.25) is 0 Å². The van der Waals surface area contributed by atoms with Gasteiger partial charge in [-0.15, -0.1) is 0 Å². The minimum absolute atomic E-state index is 0.000931. The van der Waals surface area contributed by atoms with Gasteiger partial charge in [0, 0.05) is 10.8 Å². The number of benzene rings is 9. The lowest BCUT2D eigenvalue weighted by atomic mass is 9.85. The van der Waals surface area contributed by atoms with Gasteiger partial charge < -0.3 is 4.42 Å². The molecule has 1 heterocycles. The molecule has 228 valence electrons. The quantitative estimate of drug-likeness (QED) is 0.175. The van der Waals surface area contributed by atoms with Crippen molar-refractivity contribution in [2.45, 2.75) is 0 Å². The summed E-state index contributed by atoms with van der Waals surface area (Å²) in [6.07, 6.45) is 0. The van der Waals surface area contributed by atoms with Crippen LogP contribution in [0.25, 0.3) is 98.8 Å². The Labute approximate surface area is 302 Å². The lowest BCUT2D eigenvalue weighted by Crippen LogP contribution is -1.91. The van der Waals surface area contributed by atoms with Gasteiger partial charge in [0.25, 0.3) is 0 Å². The molecule has 9 aromatic carbocycles. The van der Waals surface area contributed by atoms with E-state index in [9.17, 15) is 11.0 Å². The standard InChI is InChI=1S/C48H30O/c1-2-10-31(11-3-1)32-18-20-33(21-19-32)34-22-24-35(25-23-34)47-39-14-6-8-16-41(39)48(42-17-9-7-15-40(42)47)38-26-27-45-43(29-38)44-28-36-12-4-5-13-37(36)30-46(44)49-45/h1-30H/i4D,5D,12D,13D,22D,23D,24D,25D,26D,27D,28D,29D,30D. The summed E-state index contributed by atoms with van der Waals surface area (Å²) in [4.78, 5) is 0. The van der Waals surface area contributed by atoms with Crippen molar-refractivity contribution in [2.24, 2.45) is 0 Å². The molecular formula is C48H30O. The molecule has 0 fully saturated rings. The summed E-state index contributed by atoms with van der Waals surface area (Å²) in [6.45, 7) is 0. The first-order chi connectivity index (χ1) is 29.7. The molecule has 0 saturated carbocycles. The molecular weight excluding hydrogens is 593 g/mol. The number of hydrogen-bond donors (Lipinski definition) is 0. The van der Waals surface area contributed by atoms with Gasteiger partial charge in [0.05, 0.1) is 17.8 Å². The smallest absolute Gasteiger partial charge is 0.136 e. The van der Waals surface area contributed by atoms with E-state index in [1.54, 1.807) is 60.7 Å². The fourth-order valence-electron chi connectivity index (χ4n) is 6.69. The SMILES string of the molecule is [2H]c1c([2H])c(-c2c3ccccc3c(-c3c([2H])c([2H])c4oc5c([2H])c6c([2H])c([2H])c([2H])c([2H])c6c([2H])c5c4c3[2H])c3ccccc23)c([2H])c([2H])c1-c1ccc(-c2ccccc2)cc1. The minimum atomic E-state index is -0.587. The summed E-state index contributed by atoms with van der Waals surface area (Å²) in [6, 6.07) is 26.1. The number of fused-ring (bicyclic) bond motifs is 6. The first-order valence-corrected chi connectivity index (χ1v) is 15.8. The summed E-state index contributed by atoms with van der Waals surface area (Å²) >= 11 is 0. The Kier molecular flexibility index (Phi) is 3.99. The third kappa shape index (κ3) is 4.55. The van der Waals surface area contributed by atoms with Crippen molar-refractivity contribution in [1.82, 2.24) is 0 Å². The summed E-state index contributed by atoms with van der Waals surface area (Å²) in [5, 5.41) is 1.36. The van der Waals surface area contributed by atoms with E-state index in [2.05, 4.69) is 0 Å². The summed E-state index contributed by atoms with van der Waals surface area (Å²) in [5.41, 5.74) is 2.98. The second-order valence-corrected chi connectivity index (χ2v) is 11.8. The van der Waals surface area contributed by atoms with Gasteiger partial charge in [0.15, 0.2) is 0 Å². The zero-order valence-electron chi connectivity index (χ0n) is 38.7. The van der Waals surface area contributed by atoms with Crippen LogP contribution in [-0.4, -0.2) is 0 Å². The Morgan fingerprint density at radius 2 is 0.796 bits per heavy atom. The van der Waals surface area contributed by atoms with E-state index < -0.39 is 42.3 Å². The van der Waals surface area contributed by atoms with E-state index >= 15 is 0 Å². The molecule has 49 heavy (non-hydrogen) atoms. The van der Waals surface area contributed by atoms with Crippen LogP contribution in [0.2, 0.25) is 0 Å². The van der Waals surface area contributed by atoms with Crippen molar-refractivity contribution in [1.29, 1.82) is 0 Å². The molecule has 0 amide bonds. The van der Waals surface area contributed by atoms with Crippen molar-refractivity contribution >= 4 is 54.3 Å². The van der Waals surface area contributed by atoms with Gasteiger partial charge in [-0.1, -0.05) is 158 Å². The van der Waals surface area contributed by atoms with E-state index in [0.717, 1.165) is 11.1 Å². The predicted octanol–water partition coefficient (Wildman–Crippen LogP) is 13.7. The Bertz CT molecular complexity index is 3510. The molecule has 10 rings (SSSR count). The van der Waals surface area contributed by atoms with Crippen LogP contribution in [-0.2, 0) is 0 Å². The third-order valence-electron chi connectivity index (χ3n) is 8.97. The van der Waals surface area contributed by atoms with Gasteiger partial charge in [-0.25, -0.2) is 0 Å². The molecule has 10 aromatic rings. The van der Waals surface area contributed by atoms with E-state index in [4.69, 9.17) is 11.3 Å². The number of rotatable bonds is 4. The monoisotopic (exact) mass is 635 g/mol. The van der Waals surface area contributed by atoms with Crippen molar-refractivity contribution in [3.8, 4) is 44.5 Å². The maximum absolute atomic E-state index is 9.75. The van der Waals surface area contributed by atoms with Gasteiger partial charge in [-0.3, -0.25) is 0 Å². The Balaban J connectivity index is 1.26. The van der Waals surface area contributed by atoms with Crippen LogP contribution in [0.1, 0.15) is 17.8 Å². The largest absolute Gasteiger partial charge is 0.456 e. The average molecular weight is 636 g/mol. The zero-order chi connectivity index (χ0) is 43.6. The fourth-order valence-corrected chi connectivity index (χ4v) is 6.69. The van der Waals surface area contributed by atoms with Gasteiger partial charge in [0.1, 0.15) is 11.2 Å². The van der Waals surface area contributed by atoms with E-state index in [0.29, 0.717) is 38.2 Å². The molecule has 0 N–H and O–H groups in total. The van der Waals surface area contributed by atoms with Crippen LogP contribution in [0.3, 0.4) is 0 Å². The molecule has 0 saturated heterocycles. The van der Waals surface area contributed by atoms with Crippen LogP contribution in [0.4, 0.5) is 0 Å². The van der Waals surface area contributed by atoms with Crippen molar-refractivity contribution in [3.05, 3.63) is 182 Å². The lowest BCUT2D eigenvalue weighted by molar-refractivity contribution is 0.669. The fraction of sp³-hybridized carbons (Fsp3) is 0. The van der Waals surface area contributed by atoms with E-state index in [-0.39, 0.29) is 85.7 Å². The molecule has 0 bridgehead atoms. The molecule has 1 aromatic heterocycles. The first-order valence-electron chi connectivity index (χ1n) is 22.3. The summed E-state index contributed by atoms with van der Waals surface area (Å²) in [7, 11) is 0. The molecule has 1 heteroatoms. The molecule has 0 radical (unpaired) electrons. The van der Waals surface area contributed by atoms with E-state index in [1.165, 1.54) is 0 Å². The highest BCUT2D eigenvalue weighted by atomic mass is 16.3.